The fourth-order valence-electron chi connectivity index (χ4n) is 3.54. The Hall–Kier alpha value is -3.13. The third-order valence-electron chi connectivity index (χ3n) is 5.62. The summed E-state index contributed by atoms with van der Waals surface area (Å²) >= 11 is 13.3. The van der Waals surface area contributed by atoms with E-state index < -0.39 is 0 Å². The van der Waals surface area contributed by atoms with E-state index >= 15 is 0 Å². The van der Waals surface area contributed by atoms with E-state index in [9.17, 15) is 4.79 Å². The number of hydrazone groups is 1. The van der Waals surface area contributed by atoms with Crippen LogP contribution in [0.25, 0.3) is 17.1 Å². The highest BCUT2D eigenvalue weighted by Gasteiger charge is 2.19. The van der Waals surface area contributed by atoms with Crippen molar-refractivity contribution in [3.05, 3.63) is 93.5 Å². The summed E-state index contributed by atoms with van der Waals surface area (Å²) < 4.78 is 1.97. The van der Waals surface area contributed by atoms with Gasteiger partial charge in [0.15, 0.2) is 11.0 Å². The van der Waals surface area contributed by atoms with E-state index in [-0.39, 0.29) is 17.1 Å². The molecule has 0 aliphatic rings. The predicted octanol–water partition coefficient (Wildman–Crippen LogP) is 7.09. The van der Waals surface area contributed by atoms with Crippen LogP contribution in [0.15, 0.2) is 77.0 Å². The fraction of sp³-hybridized carbons (Fsp3) is 0.214. The fourth-order valence-corrected chi connectivity index (χ4v) is 4.74. The van der Waals surface area contributed by atoms with Gasteiger partial charge in [0.1, 0.15) is 0 Å². The number of thioether (sulfide) groups is 1. The lowest BCUT2D eigenvalue weighted by Gasteiger charge is -2.19. The number of rotatable bonds is 7. The van der Waals surface area contributed by atoms with Gasteiger partial charge in [-0.3, -0.25) is 9.36 Å². The van der Waals surface area contributed by atoms with Gasteiger partial charge < -0.3 is 0 Å². The molecule has 1 amide bonds. The highest BCUT2D eigenvalue weighted by Crippen LogP contribution is 2.30. The second kappa shape index (κ2) is 11.5. The Morgan fingerprint density at radius 2 is 1.73 bits per heavy atom. The molecule has 0 aliphatic carbocycles. The van der Waals surface area contributed by atoms with Gasteiger partial charge in [-0.05, 0) is 42.2 Å². The van der Waals surface area contributed by atoms with Crippen LogP contribution in [0.3, 0.4) is 0 Å². The van der Waals surface area contributed by atoms with Gasteiger partial charge in [0.25, 0.3) is 5.91 Å². The van der Waals surface area contributed by atoms with Crippen molar-refractivity contribution in [2.75, 3.05) is 5.75 Å². The van der Waals surface area contributed by atoms with E-state index in [0.29, 0.717) is 26.6 Å². The van der Waals surface area contributed by atoms with E-state index in [1.54, 1.807) is 18.2 Å². The zero-order valence-electron chi connectivity index (χ0n) is 21.0. The molecule has 0 unspecified atom stereocenters. The first kappa shape index (κ1) is 26.9. The molecule has 37 heavy (non-hydrogen) atoms. The minimum absolute atomic E-state index is 0.0545. The number of hydrogen-bond acceptors (Lipinski definition) is 5. The van der Waals surface area contributed by atoms with E-state index in [0.717, 1.165) is 16.8 Å². The monoisotopic (exact) mass is 551 g/mol. The number of nitrogens with zero attached hydrogens (tertiary/aromatic N) is 4. The number of hydrogen-bond donors (Lipinski definition) is 1. The van der Waals surface area contributed by atoms with Crippen molar-refractivity contribution in [1.29, 1.82) is 0 Å². The van der Waals surface area contributed by atoms with Crippen LogP contribution < -0.4 is 5.43 Å². The molecule has 0 fully saturated rings. The van der Waals surface area contributed by atoms with Crippen molar-refractivity contribution in [3.63, 3.8) is 0 Å². The molecule has 9 heteroatoms. The zero-order chi connectivity index (χ0) is 26.6. The summed E-state index contributed by atoms with van der Waals surface area (Å²) in [5.74, 6) is 0.544. The normalized spacial score (nSPS) is 11.7. The number of aromatic nitrogens is 3. The standard InChI is InChI=1S/C28H27Cl2N5OS/c1-18-5-13-23(14-6-18)35-26(19-7-10-21(11-8-19)28(2,3)4)33-34-27(35)37-17-25(36)32-31-16-20-9-12-22(29)15-24(20)30/h5-16H,17H2,1-4H3,(H,32,36)/b31-16-. The van der Waals surface area contributed by atoms with Gasteiger partial charge in [-0.15, -0.1) is 10.2 Å². The van der Waals surface area contributed by atoms with Gasteiger partial charge in [0, 0.05) is 21.8 Å². The van der Waals surface area contributed by atoms with Crippen molar-refractivity contribution in [2.24, 2.45) is 5.10 Å². The molecule has 0 saturated carbocycles. The van der Waals surface area contributed by atoms with Gasteiger partial charge in [0.2, 0.25) is 0 Å². The highest BCUT2D eigenvalue weighted by atomic mass is 35.5. The lowest BCUT2D eigenvalue weighted by Crippen LogP contribution is -2.20. The first-order chi connectivity index (χ1) is 17.6. The molecule has 190 valence electrons. The smallest absolute Gasteiger partial charge is 0.250 e. The molecule has 0 atom stereocenters. The van der Waals surface area contributed by atoms with Crippen LogP contribution >= 0.6 is 35.0 Å². The summed E-state index contributed by atoms with van der Waals surface area (Å²) in [6.45, 7) is 8.60. The van der Waals surface area contributed by atoms with Gasteiger partial charge in [-0.25, -0.2) is 5.43 Å². The SMILES string of the molecule is Cc1ccc(-n2c(SCC(=O)N/N=C\c3ccc(Cl)cc3Cl)nnc2-c2ccc(C(C)(C)C)cc2)cc1. The predicted molar refractivity (Wildman–Crippen MR) is 153 cm³/mol. The Labute approximate surface area is 231 Å². The first-order valence-electron chi connectivity index (χ1n) is 11.6. The number of amides is 1. The molecule has 0 saturated heterocycles. The summed E-state index contributed by atoms with van der Waals surface area (Å²) in [7, 11) is 0. The maximum Gasteiger partial charge on any atom is 0.250 e. The van der Waals surface area contributed by atoms with E-state index in [1.165, 1.54) is 23.5 Å². The average molecular weight is 553 g/mol. The quantitative estimate of drug-likeness (QED) is 0.151. The van der Waals surface area contributed by atoms with Gasteiger partial charge in [-0.2, -0.15) is 5.10 Å². The number of nitrogens with one attached hydrogen (secondary N) is 1. The third-order valence-corrected chi connectivity index (χ3v) is 7.11. The largest absolute Gasteiger partial charge is 0.272 e. The van der Waals surface area contributed by atoms with E-state index in [4.69, 9.17) is 23.2 Å². The maximum atomic E-state index is 12.5. The molecule has 3 aromatic carbocycles. The molecule has 1 aromatic heterocycles. The number of halogens is 2. The minimum atomic E-state index is -0.277. The summed E-state index contributed by atoms with van der Waals surface area (Å²) in [5, 5.41) is 14.5. The lowest BCUT2D eigenvalue weighted by molar-refractivity contribution is -0.118. The molecular formula is C28H27Cl2N5OS. The number of aryl methyl sites for hydroxylation is 1. The molecular weight excluding hydrogens is 525 g/mol. The van der Waals surface area contributed by atoms with Crippen LogP contribution in [0.4, 0.5) is 0 Å². The average Bonchev–Trinajstić information content (AvgIpc) is 3.28. The van der Waals surface area contributed by atoms with Crippen molar-refractivity contribution in [2.45, 2.75) is 38.3 Å². The van der Waals surface area contributed by atoms with Gasteiger partial charge in [-0.1, -0.05) is 104 Å². The Morgan fingerprint density at radius 3 is 2.38 bits per heavy atom. The number of benzene rings is 3. The van der Waals surface area contributed by atoms with Crippen LogP contribution in [0.2, 0.25) is 10.0 Å². The van der Waals surface area contributed by atoms with Crippen molar-refractivity contribution in [1.82, 2.24) is 20.2 Å². The summed E-state index contributed by atoms with van der Waals surface area (Å²) in [6.07, 6.45) is 1.48. The van der Waals surface area contributed by atoms with Gasteiger partial charge >= 0.3 is 0 Å². The van der Waals surface area contributed by atoms with Crippen LogP contribution in [0, 0.1) is 6.92 Å². The minimum Gasteiger partial charge on any atom is -0.272 e. The lowest BCUT2D eigenvalue weighted by atomic mass is 9.87. The molecule has 0 aliphatic heterocycles. The third kappa shape index (κ3) is 6.80. The van der Waals surface area contributed by atoms with E-state index in [1.807, 2.05) is 35.8 Å². The maximum absolute atomic E-state index is 12.5. The van der Waals surface area contributed by atoms with Crippen LogP contribution in [0.5, 0.6) is 0 Å². The summed E-state index contributed by atoms with van der Waals surface area (Å²) in [5.41, 5.74) is 7.50. The number of carbonyl (C=O) groups excluding carboxylic acids is 1. The molecule has 4 rings (SSSR count). The second-order valence-electron chi connectivity index (χ2n) is 9.55. The van der Waals surface area contributed by atoms with Crippen LogP contribution in [-0.4, -0.2) is 32.6 Å². The molecule has 4 aromatic rings. The van der Waals surface area contributed by atoms with Crippen molar-refractivity contribution in [3.8, 4) is 17.1 Å². The van der Waals surface area contributed by atoms with E-state index in [2.05, 4.69) is 65.8 Å². The van der Waals surface area contributed by atoms with Crippen LogP contribution in [0.1, 0.15) is 37.5 Å². The summed E-state index contributed by atoms with van der Waals surface area (Å²) in [6, 6.07) is 21.6. The molecule has 0 radical (unpaired) electrons. The van der Waals surface area contributed by atoms with Crippen LogP contribution in [-0.2, 0) is 10.2 Å². The highest BCUT2D eigenvalue weighted by molar-refractivity contribution is 7.99. The Bertz CT molecular complexity index is 1420. The van der Waals surface area contributed by atoms with Gasteiger partial charge in [0.05, 0.1) is 17.0 Å². The number of carbonyl (C=O) groups is 1. The first-order valence-corrected chi connectivity index (χ1v) is 13.4. The molecule has 1 heterocycles. The Kier molecular flexibility index (Phi) is 8.37. The molecule has 1 N–H and O–H groups in total. The topological polar surface area (TPSA) is 72.2 Å². The molecule has 0 bridgehead atoms. The van der Waals surface area contributed by atoms with Crippen molar-refractivity contribution < 1.29 is 4.79 Å². The zero-order valence-corrected chi connectivity index (χ0v) is 23.3. The molecule has 6 nitrogen and oxygen atoms in total. The Morgan fingerprint density at radius 1 is 1.03 bits per heavy atom. The second-order valence-corrected chi connectivity index (χ2v) is 11.3. The molecule has 0 spiro atoms. The van der Waals surface area contributed by atoms with Crippen molar-refractivity contribution >= 4 is 47.1 Å². The Balaban J connectivity index is 1.53. The summed E-state index contributed by atoms with van der Waals surface area (Å²) in [4.78, 5) is 12.5.